The van der Waals surface area contributed by atoms with Crippen LogP contribution in [0.15, 0.2) is 48.5 Å². The predicted molar refractivity (Wildman–Crippen MR) is 130 cm³/mol. The predicted octanol–water partition coefficient (Wildman–Crippen LogP) is 4.43. The first-order valence-electron chi connectivity index (χ1n) is 12.1. The zero-order valence-corrected chi connectivity index (χ0v) is 18.9. The van der Waals surface area contributed by atoms with Gasteiger partial charge in [0.1, 0.15) is 0 Å². The van der Waals surface area contributed by atoms with Gasteiger partial charge in [-0.15, -0.1) is 0 Å². The van der Waals surface area contributed by atoms with E-state index >= 15 is 0 Å². The summed E-state index contributed by atoms with van der Waals surface area (Å²) in [5, 5.41) is 3.03. The number of imidazole rings is 1. The molecule has 3 aromatic rings. The molecule has 7 heteroatoms. The van der Waals surface area contributed by atoms with Crippen LogP contribution in [0, 0.1) is 5.92 Å². The molecule has 1 saturated carbocycles. The second-order valence-corrected chi connectivity index (χ2v) is 9.12. The average Bonchev–Trinajstić information content (AvgIpc) is 3.14. The van der Waals surface area contributed by atoms with E-state index in [-0.39, 0.29) is 17.7 Å². The van der Waals surface area contributed by atoms with Crippen molar-refractivity contribution in [2.45, 2.75) is 38.5 Å². The third-order valence-electron chi connectivity index (χ3n) is 6.81. The lowest BCUT2D eigenvalue weighted by molar-refractivity contribution is -0.120. The summed E-state index contributed by atoms with van der Waals surface area (Å²) in [5.74, 6) is 1.04. The number of aromatic amines is 1. The number of carbonyl (C=O) groups is 2. The number of benzene rings is 2. The third kappa shape index (κ3) is 4.87. The zero-order chi connectivity index (χ0) is 22.6. The Morgan fingerprint density at radius 3 is 2.61 bits per heavy atom. The summed E-state index contributed by atoms with van der Waals surface area (Å²) >= 11 is 0. The molecule has 2 aliphatic rings. The first-order chi connectivity index (χ1) is 16.2. The van der Waals surface area contributed by atoms with Crippen LogP contribution in [-0.4, -0.2) is 52.9 Å². The molecule has 0 radical (unpaired) electrons. The van der Waals surface area contributed by atoms with E-state index in [2.05, 4.69) is 15.2 Å². The van der Waals surface area contributed by atoms with E-state index in [9.17, 15) is 9.59 Å². The Balaban J connectivity index is 1.23. The van der Waals surface area contributed by atoms with Crippen molar-refractivity contribution in [3.8, 4) is 0 Å². The van der Waals surface area contributed by atoms with Gasteiger partial charge in [0.25, 0.3) is 5.91 Å². The molecule has 1 aliphatic heterocycles. The van der Waals surface area contributed by atoms with Crippen LogP contribution < -0.4 is 10.2 Å². The first-order valence-corrected chi connectivity index (χ1v) is 12.1. The first kappa shape index (κ1) is 21.5. The summed E-state index contributed by atoms with van der Waals surface area (Å²) in [5.41, 5.74) is 3.30. The number of anilines is 2. The maximum absolute atomic E-state index is 13.2. The lowest BCUT2D eigenvalue weighted by Crippen LogP contribution is -2.35. The number of hydrogen-bond donors (Lipinski definition) is 2. The number of amides is 2. The number of hydrogen-bond acceptors (Lipinski definition) is 4. The van der Waals surface area contributed by atoms with Crippen molar-refractivity contribution < 1.29 is 9.59 Å². The SMILES string of the molecule is O=C(Nc1cccc(C(=O)N2CCCN(c3nc4ccccc4[nH]3)CC2)c1)C1CCCCC1. The molecule has 1 aromatic heterocycles. The van der Waals surface area contributed by atoms with Crippen LogP contribution in [0.3, 0.4) is 0 Å². The second kappa shape index (κ2) is 9.65. The van der Waals surface area contributed by atoms with Crippen LogP contribution in [0.5, 0.6) is 0 Å². The van der Waals surface area contributed by atoms with Crippen LogP contribution >= 0.6 is 0 Å². The monoisotopic (exact) mass is 445 g/mol. The van der Waals surface area contributed by atoms with E-state index in [1.54, 1.807) is 0 Å². The van der Waals surface area contributed by atoms with Crippen LogP contribution in [0.1, 0.15) is 48.9 Å². The van der Waals surface area contributed by atoms with Gasteiger partial charge in [-0.05, 0) is 49.6 Å². The van der Waals surface area contributed by atoms with E-state index in [1.165, 1.54) is 6.42 Å². The van der Waals surface area contributed by atoms with Gasteiger partial charge in [0.2, 0.25) is 11.9 Å². The molecule has 0 unspecified atom stereocenters. The van der Waals surface area contributed by atoms with Gasteiger partial charge in [-0.1, -0.05) is 37.5 Å². The molecular weight excluding hydrogens is 414 g/mol. The molecule has 2 aromatic carbocycles. The minimum atomic E-state index is 0.00946. The molecule has 172 valence electrons. The molecule has 33 heavy (non-hydrogen) atoms. The molecule has 2 amide bonds. The summed E-state index contributed by atoms with van der Waals surface area (Å²) in [4.78, 5) is 38.1. The summed E-state index contributed by atoms with van der Waals surface area (Å²) in [6.07, 6.45) is 6.26. The molecular formula is C26H31N5O2. The molecule has 1 saturated heterocycles. The van der Waals surface area contributed by atoms with E-state index in [0.717, 1.165) is 62.2 Å². The molecule has 0 bridgehead atoms. The van der Waals surface area contributed by atoms with E-state index in [1.807, 2.05) is 53.4 Å². The van der Waals surface area contributed by atoms with Gasteiger partial charge < -0.3 is 20.1 Å². The lowest BCUT2D eigenvalue weighted by Gasteiger charge is -2.22. The van der Waals surface area contributed by atoms with Gasteiger partial charge in [0.05, 0.1) is 11.0 Å². The molecule has 0 spiro atoms. The normalized spacial score (nSPS) is 17.7. The Bertz CT molecular complexity index is 1100. The Kier molecular flexibility index (Phi) is 6.28. The standard InChI is InChI=1S/C26H31N5O2/c32-24(19-8-2-1-3-9-19)27-21-11-6-10-20(18-21)25(33)30-14-7-15-31(17-16-30)26-28-22-12-4-5-13-23(22)29-26/h4-6,10-13,18-19H,1-3,7-9,14-17H2,(H,27,32)(H,28,29). The van der Waals surface area contributed by atoms with Crippen molar-refractivity contribution in [1.29, 1.82) is 0 Å². The summed E-state index contributed by atoms with van der Waals surface area (Å²) < 4.78 is 0. The van der Waals surface area contributed by atoms with E-state index < -0.39 is 0 Å². The van der Waals surface area contributed by atoms with Gasteiger partial charge in [-0.2, -0.15) is 0 Å². The molecule has 1 aliphatic carbocycles. The second-order valence-electron chi connectivity index (χ2n) is 9.12. The van der Waals surface area contributed by atoms with Crippen molar-refractivity contribution in [3.63, 3.8) is 0 Å². The number of aromatic nitrogens is 2. The Hall–Kier alpha value is -3.35. The highest BCUT2D eigenvalue weighted by Crippen LogP contribution is 2.25. The largest absolute Gasteiger partial charge is 0.341 e. The minimum absolute atomic E-state index is 0.00946. The highest BCUT2D eigenvalue weighted by molar-refractivity contribution is 5.97. The number of rotatable bonds is 4. The highest BCUT2D eigenvalue weighted by Gasteiger charge is 2.24. The number of H-pyrrole nitrogens is 1. The van der Waals surface area contributed by atoms with Crippen molar-refractivity contribution >= 4 is 34.5 Å². The molecule has 2 fully saturated rings. The van der Waals surface area contributed by atoms with Crippen LogP contribution in [0.25, 0.3) is 11.0 Å². The number of fused-ring (bicyclic) bond motifs is 1. The van der Waals surface area contributed by atoms with Crippen LogP contribution in [-0.2, 0) is 4.79 Å². The van der Waals surface area contributed by atoms with Gasteiger partial charge in [-0.3, -0.25) is 9.59 Å². The van der Waals surface area contributed by atoms with Gasteiger partial charge in [-0.25, -0.2) is 4.98 Å². The summed E-state index contributed by atoms with van der Waals surface area (Å²) in [6, 6.07) is 15.4. The number of nitrogens with one attached hydrogen (secondary N) is 2. The average molecular weight is 446 g/mol. The number of carbonyl (C=O) groups excluding carboxylic acids is 2. The third-order valence-corrected chi connectivity index (χ3v) is 6.81. The number of para-hydroxylation sites is 2. The zero-order valence-electron chi connectivity index (χ0n) is 18.9. The fraction of sp³-hybridized carbons (Fsp3) is 0.423. The highest BCUT2D eigenvalue weighted by atomic mass is 16.2. The lowest BCUT2D eigenvalue weighted by atomic mass is 9.88. The molecule has 2 N–H and O–H groups in total. The Morgan fingerprint density at radius 1 is 0.909 bits per heavy atom. The maximum atomic E-state index is 13.2. The van der Waals surface area contributed by atoms with Gasteiger partial charge >= 0.3 is 0 Å². The molecule has 2 heterocycles. The summed E-state index contributed by atoms with van der Waals surface area (Å²) in [7, 11) is 0. The maximum Gasteiger partial charge on any atom is 0.253 e. The Morgan fingerprint density at radius 2 is 1.76 bits per heavy atom. The van der Waals surface area contributed by atoms with Crippen molar-refractivity contribution in [3.05, 3.63) is 54.1 Å². The van der Waals surface area contributed by atoms with Gasteiger partial charge in [0, 0.05) is 43.3 Å². The van der Waals surface area contributed by atoms with E-state index in [4.69, 9.17) is 4.98 Å². The quantitative estimate of drug-likeness (QED) is 0.622. The van der Waals surface area contributed by atoms with Crippen LogP contribution in [0.2, 0.25) is 0 Å². The van der Waals surface area contributed by atoms with E-state index in [0.29, 0.717) is 24.3 Å². The van der Waals surface area contributed by atoms with Crippen molar-refractivity contribution in [1.82, 2.24) is 14.9 Å². The van der Waals surface area contributed by atoms with Crippen molar-refractivity contribution in [2.24, 2.45) is 5.92 Å². The Labute approximate surface area is 194 Å². The number of nitrogens with zero attached hydrogens (tertiary/aromatic N) is 3. The fourth-order valence-corrected chi connectivity index (χ4v) is 4.94. The smallest absolute Gasteiger partial charge is 0.253 e. The fourth-order valence-electron chi connectivity index (χ4n) is 4.94. The molecule has 7 nitrogen and oxygen atoms in total. The summed E-state index contributed by atoms with van der Waals surface area (Å²) in [6.45, 7) is 2.91. The molecule has 5 rings (SSSR count). The van der Waals surface area contributed by atoms with Crippen molar-refractivity contribution in [2.75, 3.05) is 36.4 Å². The molecule has 0 atom stereocenters. The van der Waals surface area contributed by atoms with Crippen LogP contribution in [0.4, 0.5) is 11.6 Å². The minimum Gasteiger partial charge on any atom is -0.341 e. The topological polar surface area (TPSA) is 81.3 Å². The van der Waals surface area contributed by atoms with Gasteiger partial charge in [0.15, 0.2) is 0 Å².